The monoisotopic (exact) mass is 483 g/mol. The molecule has 2 nitrogen and oxygen atoms in total. The molecule has 0 aliphatic rings. The number of rotatable bonds is 4. The minimum Gasteiger partial charge on any atom is -0.455 e. The second-order valence-electron chi connectivity index (χ2n) is 10.6. The lowest BCUT2D eigenvalue weighted by molar-refractivity contribution is 0.670. The average Bonchev–Trinajstić information content (AvgIpc) is 3.27. The van der Waals surface area contributed by atoms with Gasteiger partial charge in [-0.25, -0.2) is 0 Å². The van der Waals surface area contributed by atoms with E-state index in [2.05, 4.69) is 111 Å². The molecule has 0 atom stereocenters. The largest absolute Gasteiger partial charge is 0.455 e. The van der Waals surface area contributed by atoms with Crippen LogP contribution in [0.1, 0.15) is 5.56 Å². The van der Waals surface area contributed by atoms with E-state index in [0.29, 0.717) is 0 Å². The van der Waals surface area contributed by atoms with Crippen molar-refractivity contribution in [3.05, 3.63) is 109 Å². The van der Waals surface area contributed by atoms with Gasteiger partial charge >= 0.3 is 0 Å². The molecule has 36 heavy (non-hydrogen) atoms. The number of aromatic nitrogens is 1. The zero-order chi connectivity index (χ0) is 24.9. The van der Waals surface area contributed by atoms with Crippen molar-refractivity contribution in [1.82, 2.24) is 4.98 Å². The van der Waals surface area contributed by atoms with Crippen LogP contribution >= 0.6 is 0 Å². The van der Waals surface area contributed by atoms with Gasteiger partial charge in [0, 0.05) is 33.7 Å². The van der Waals surface area contributed by atoms with E-state index in [-0.39, 0.29) is 0 Å². The van der Waals surface area contributed by atoms with Crippen molar-refractivity contribution in [1.29, 1.82) is 0 Å². The van der Waals surface area contributed by atoms with Crippen LogP contribution in [0.25, 0.3) is 55.4 Å². The number of hydrogen-bond acceptors (Lipinski definition) is 2. The van der Waals surface area contributed by atoms with E-state index in [0.717, 1.165) is 44.3 Å². The summed E-state index contributed by atoms with van der Waals surface area (Å²) in [5, 5.41) is 3.77. The van der Waals surface area contributed by atoms with Gasteiger partial charge in [-0.15, -0.1) is 0 Å². The number of furan rings is 1. The number of aryl methyl sites for hydroxylation is 1. The van der Waals surface area contributed by atoms with Crippen LogP contribution in [0.15, 0.2) is 108 Å². The van der Waals surface area contributed by atoms with Crippen LogP contribution in [-0.2, 0) is 0 Å². The maximum Gasteiger partial charge on any atom is 0.143 e. The molecule has 0 amide bonds. The SMILES string of the molecule is Cc1cc(-c2cccc(-c3cccc4c3oc3ccccc34)c2)ncc1-c1ccc([Si](C)(C)C)cc1. The highest BCUT2D eigenvalue weighted by Crippen LogP contribution is 2.37. The number of pyridine rings is 1. The fourth-order valence-electron chi connectivity index (χ4n) is 4.99. The van der Waals surface area contributed by atoms with Crippen LogP contribution in [0.2, 0.25) is 19.6 Å². The molecule has 0 unspecified atom stereocenters. The van der Waals surface area contributed by atoms with Crippen molar-refractivity contribution < 1.29 is 4.42 Å². The van der Waals surface area contributed by atoms with E-state index in [1.807, 2.05) is 18.3 Å². The van der Waals surface area contributed by atoms with Crippen molar-refractivity contribution in [2.45, 2.75) is 26.6 Å². The molecule has 0 saturated carbocycles. The summed E-state index contributed by atoms with van der Waals surface area (Å²) in [4.78, 5) is 4.87. The maximum atomic E-state index is 6.28. The molecule has 0 spiro atoms. The van der Waals surface area contributed by atoms with E-state index in [1.54, 1.807) is 0 Å². The first-order valence-electron chi connectivity index (χ1n) is 12.5. The fourth-order valence-corrected chi connectivity index (χ4v) is 6.15. The lowest BCUT2D eigenvalue weighted by Crippen LogP contribution is -2.37. The highest BCUT2D eigenvalue weighted by Gasteiger charge is 2.16. The first kappa shape index (κ1) is 22.5. The Balaban J connectivity index is 1.38. The minimum atomic E-state index is -1.31. The molecule has 0 N–H and O–H groups in total. The van der Waals surface area contributed by atoms with E-state index >= 15 is 0 Å². The van der Waals surface area contributed by atoms with Gasteiger partial charge in [-0.2, -0.15) is 0 Å². The van der Waals surface area contributed by atoms with Gasteiger partial charge in [-0.3, -0.25) is 4.98 Å². The van der Waals surface area contributed by atoms with Crippen molar-refractivity contribution in [2.75, 3.05) is 0 Å². The Kier molecular flexibility index (Phi) is 5.38. The van der Waals surface area contributed by atoms with Crippen molar-refractivity contribution in [3.8, 4) is 33.5 Å². The van der Waals surface area contributed by atoms with E-state index in [4.69, 9.17) is 9.40 Å². The summed E-state index contributed by atoms with van der Waals surface area (Å²) in [5.41, 5.74) is 9.79. The summed E-state index contributed by atoms with van der Waals surface area (Å²) < 4.78 is 6.28. The molecule has 2 heterocycles. The molecule has 6 aromatic rings. The van der Waals surface area contributed by atoms with Gasteiger partial charge in [0.15, 0.2) is 0 Å². The van der Waals surface area contributed by atoms with Gasteiger partial charge in [-0.05, 0) is 41.8 Å². The molecule has 0 bridgehead atoms. The molecule has 4 aromatic carbocycles. The third-order valence-electron chi connectivity index (χ3n) is 7.05. The lowest BCUT2D eigenvalue weighted by Gasteiger charge is -2.17. The highest BCUT2D eigenvalue weighted by atomic mass is 28.3. The number of para-hydroxylation sites is 2. The number of hydrogen-bond donors (Lipinski definition) is 0. The zero-order valence-corrected chi connectivity index (χ0v) is 22.2. The van der Waals surface area contributed by atoms with E-state index < -0.39 is 8.07 Å². The zero-order valence-electron chi connectivity index (χ0n) is 21.2. The van der Waals surface area contributed by atoms with Crippen LogP contribution in [0.3, 0.4) is 0 Å². The Morgan fingerprint density at radius 1 is 0.639 bits per heavy atom. The Hall–Kier alpha value is -3.95. The minimum absolute atomic E-state index is 0.918. The summed E-state index contributed by atoms with van der Waals surface area (Å²) in [6, 6.07) is 34.5. The second-order valence-corrected chi connectivity index (χ2v) is 15.7. The predicted molar refractivity (Wildman–Crippen MR) is 156 cm³/mol. The average molecular weight is 484 g/mol. The molecule has 176 valence electrons. The van der Waals surface area contributed by atoms with Crippen molar-refractivity contribution >= 4 is 35.2 Å². The Morgan fingerprint density at radius 3 is 2.14 bits per heavy atom. The summed E-state index contributed by atoms with van der Waals surface area (Å²) in [6.45, 7) is 9.32. The molecular weight excluding hydrogens is 454 g/mol. The van der Waals surface area contributed by atoms with E-state index in [9.17, 15) is 0 Å². The van der Waals surface area contributed by atoms with Gasteiger partial charge < -0.3 is 4.42 Å². The number of fused-ring (bicyclic) bond motifs is 3. The third-order valence-corrected chi connectivity index (χ3v) is 9.11. The maximum absolute atomic E-state index is 6.28. The van der Waals surface area contributed by atoms with Crippen molar-refractivity contribution in [2.24, 2.45) is 0 Å². The van der Waals surface area contributed by atoms with Gasteiger partial charge in [0.1, 0.15) is 11.2 Å². The van der Waals surface area contributed by atoms with Crippen LogP contribution in [0.5, 0.6) is 0 Å². The van der Waals surface area contributed by atoms with Gasteiger partial charge in [0.25, 0.3) is 0 Å². The van der Waals surface area contributed by atoms with Crippen LogP contribution < -0.4 is 5.19 Å². The lowest BCUT2D eigenvalue weighted by atomic mass is 9.97. The van der Waals surface area contributed by atoms with Gasteiger partial charge in [0.05, 0.1) is 13.8 Å². The molecule has 0 fully saturated rings. The standard InChI is InChI=1S/C33H29NOSi/c1-22-19-31(34-21-30(22)23-15-17-26(18-16-23)36(2,3)4)25-10-7-9-24(20-25)27-12-8-13-29-28-11-5-6-14-32(28)35-33(27)29/h5-21H,1-4H3. The molecule has 3 heteroatoms. The Morgan fingerprint density at radius 2 is 1.36 bits per heavy atom. The summed E-state index contributed by atoms with van der Waals surface area (Å²) >= 11 is 0. The quantitative estimate of drug-likeness (QED) is 0.234. The summed E-state index contributed by atoms with van der Waals surface area (Å²) in [7, 11) is -1.31. The summed E-state index contributed by atoms with van der Waals surface area (Å²) in [6.07, 6.45) is 2.01. The van der Waals surface area contributed by atoms with Crippen LogP contribution in [-0.4, -0.2) is 13.1 Å². The molecule has 0 aliphatic heterocycles. The van der Waals surface area contributed by atoms with Gasteiger partial charge in [-0.1, -0.05) is 104 Å². The first-order chi connectivity index (χ1) is 17.4. The number of benzene rings is 4. The van der Waals surface area contributed by atoms with Crippen molar-refractivity contribution in [3.63, 3.8) is 0 Å². The Bertz CT molecular complexity index is 1720. The second kappa shape index (κ2) is 8.61. The predicted octanol–water partition coefficient (Wildman–Crippen LogP) is 8.84. The third kappa shape index (κ3) is 3.96. The molecule has 0 saturated heterocycles. The fraction of sp³-hybridized carbons (Fsp3) is 0.121. The number of nitrogens with zero attached hydrogens (tertiary/aromatic N) is 1. The van der Waals surface area contributed by atoms with Gasteiger partial charge in [0.2, 0.25) is 0 Å². The van der Waals surface area contributed by atoms with Crippen LogP contribution in [0.4, 0.5) is 0 Å². The topological polar surface area (TPSA) is 26.0 Å². The molecular formula is C33H29NOSi. The molecule has 6 rings (SSSR count). The molecule has 0 radical (unpaired) electrons. The molecule has 0 aliphatic carbocycles. The van der Waals surface area contributed by atoms with E-state index in [1.165, 1.54) is 21.9 Å². The Labute approximate surface area is 213 Å². The molecule has 2 aromatic heterocycles. The first-order valence-corrected chi connectivity index (χ1v) is 16.0. The highest BCUT2D eigenvalue weighted by molar-refractivity contribution is 6.88. The smallest absolute Gasteiger partial charge is 0.143 e. The normalized spacial score (nSPS) is 11.9. The summed E-state index contributed by atoms with van der Waals surface area (Å²) in [5.74, 6) is 0. The van der Waals surface area contributed by atoms with Crippen LogP contribution in [0, 0.1) is 6.92 Å².